The number of hydrogen-bond donors (Lipinski definition) is 1. The van der Waals surface area contributed by atoms with Gasteiger partial charge >= 0.3 is 0 Å². The van der Waals surface area contributed by atoms with Crippen molar-refractivity contribution in [2.45, 2.75) is 5.92 Å². The summed E-state index contributed by atoms with van der Waals surface area (Å²) in [5.41, 5.74) is -0.163. The zero-order valence-electron chi connectivity index (χ0n) is 9.53. The summed E-state index contributed by atoms with van der Waals surface area (Å²) in [6.07, 6.45) is 0. The van der Waals surface area contributed by atoms with Gasteiger partial charge in [0, 0.05) is 5.56 Å². The van der Waals surface area contributed by atoms with Crippen LogP contribution in [0, 0.1) is 0 Å². The Morgan fingerprint density at radius 1 is 1.22 bits per heavy atom. The van der Waals surface area contributed by atoms with Crippen LogP contribution in [0.1, 0.15) is 5.56 Å². The van der Waals surface area contributed by atoms with E-state index in [1.165, 1.54) is 24.3 Å². The summed E-state index contributed by atoms with van der Waals surface area (Å²) in [5, 5.41) is 2.31. The van der Waals surface area contributed by atoms with Gasteiger partial charge in [0.2, 0.25) is 11.8 Å². The third kappa shape index (κ3) is 2.64. The maximum absolute atomic E-state index is 13.9. The molecule has 0 radical (unpaired) electrons. The fourth-order valence-electron chi connectivity index (χ4n) is 1.76. The van der Waals surface area contributed by atoms with E-state index < -0.39 is 24.3 Å². The topological polar surface area (TPSA) is 49.4 Å². The van der Waals surface area contributed by atoms with Crippen LogP contribution in [0.5, 0.6) is 0 Å². The van der Waals surface area contributed by atoms with Crippen LogP contribution in [0.25, 0.3) is 0 Å². The van der Waals surface area contributed by atoms with Crippen LogP contribution in [0.3, 0.4) is 0 Å². The Morgan fingerprint density at radius 2 is 1.89 bits per heavy atom. The maximum Gasteiger partial charge on any atom is 0.290 e. The van der Waals surface area contributed by atoms with Crippen LogP contribution < -0.4 is 5.32 Å². The first kappa shape index (κ1) is 12.5. The Balaban J connectivity index is 2.12. The van der Waals surface area contributed by atoms with Gasteiger partial charge in [-0.15, -0.1) is 0 Å². The predicted molar refractivity (Wildman–Crippen MR) is 59.9 cm³/mol. The van der Waals surface area contributed by atoms with E-state index >= 15 is 0 Å². The molecule has 6 heteroatoms. The Kier molecular flexibility index (Phi) is 3.27. The van der Waals surface area contributed by atoms with Crippen LogP contribution in [-0.4, -0.2) is 36.3 Å². The number of nitrogens with one attached hydrogen (secondary N) is 1. The molecule has 0 bridgehead atoms. The average molecular weight is 254 g/mol. The summed E-state index contributed by atoms with van der Waals surface area (Å²) < 4.78 is 27.8. The first-order chi connectivity index (χ1) is 8.49. The highest BCUT2D eigenvalue weighted by Gasteiger charge is 2.37. The third-order valence-electron chi connectivity index (χ3n) is 2.71. The summed E-state index contributed by atoms with van der Waals surface area (Å²) in [6, 6.07) is 7.25. The predicted octanol–water partition coefficient (Wildman–Crippen LogP) is 0.737. The lowest BCUT2D eigenvalue weighted by molar-refractivity contribution is -0.146. The van der Waals surface area contributed by atoms with Gasteiger partial charge in [-0.1, -0.05) is 30.3 Å². The van der Waals surface area contributed by atoms with Gasteiger partial charge in [0.05, 0.1) is 19.6 Å². The zero-order chi connectivity index (χ0) is 13.2. The number of nitrogens with zero attached hydrogens (tertiary/aromatic N) is 1. The second-order valence-electron chi connectivity index (χ2n) is 4.10. The standard InChI is InChI=1S/C12H12F2N2O2/c13-12(14,9-4-2-1-3-5-9)8-16-7-10(17)15-6-11(16)18/h1-5H,6-8H2,(H,15,17). The Labute approximate surface area is 103 Å². The van der Waals surface area contributed by atoms with Crippen molar-refractivity contribution in [1.82, 2.24) is 10.2 Å². The fraction of sp³-hybridized carbons (Fsp3) is 0.333. The van der Waals surface area contributed by atoms with Crippen molar-refractivity contribution < 1.29 is 18.4 Å². The molecule has 1 aromatic carbocycles. The first-order valence-corrected chi connectivity index (χ1v) is 5.47. The van der Waals surface area contributed by atoms with Crippen LogP contribution in [0.2, 0.25) is 0 Å². The smallest absolute Gasteiger partial charge is 0.290 e. The van der Waals surface area contributed by atoms with Gasteiger partial charge in [-0.05, 0) is 0 Å². The highest BCUT2D eigenvalue weighted by molar-refractivity contribution is 5.92. The molecule has 2 rings (SSSR count). The van der Waals surface area contributed by atoms with Gasteiger partial charge in [-0.25, -0.2) is 0 Å². The molecule has 0 saturated carbocycles. The lowest BCUT2D eigenvalue weighted by atomic mass is 10.1. The summed E-state index contributed by atoms with van der Waals surface area (Å²) in [7, 11) is 0. The zero-order valence-corrected chi connectivity index (χ0v) is 9.53. The fourth-order valence-corrected chi connectivity index (χ4v) is 1.76. The van der Waals surface area contributed by atoms with E-state index in [2.05, 4.69) is 5.32 Å². The number of carbonyl (C=O) groups excluding carboxylic acids is 2. The molecule has 0 unspecified atom stereocenters. The number of halogens is 2. The maximum atomic E-state index is 13.9. The minimum absolute atomic E-state index is 0.163. The Bertz CT molecular complexity index is 462. The van der Waals surface area contributed by atoms with Gasteiger partial charge in [-0.3, -0.25) is 9.59 Å². The molecule has 1 N–H and O–H groups in total. The summed E-state index contributed by atoms with van der Waals surface area (Å²) >= 11 is 0. The molecular formula is C12H12F2N2O2. The van der Waals surface area contributed by atoms with E-state index in [4.69, 9.17) is 0 Å². The number of carbonyl (C=O) groups is 2. The summed E-state index contributed by atoms with van der Waals surface area (Å²) in [5.74, 6) is -4.07. The van der Waals surface area contributed by atoms with Gasteiger partial charge in [0.15, 0.2) is 0 Å². The summed E-state index contributed by atoms with van der Waals surface area (Å²) in [6.45, 7) is -1.31. The molecule has 0 spiro atoms. The number of alkyl halides is 2. The molecular weight excluding hydrogens is 242 g/mol. The molecule has 0 aromatic heterocycles. The molecule has 1 heterocycles. The van der Waals surface area contributed by atoms with E-state index in [-0.39, 0.29) is 18.7 Å². The van der Waals surface area contributed by atoms with E-state index in [0.29, 0.717) is 0 Å². The van der Waals surface area contributed by atoms with E-state index in [0.717, 1.165) is 4.90 Å². The van der Waals surface area contributed by atoms with Crippen molar-refractivity contribution in [2.75, 3.05) is 19.6 Å². The monoisotopic (exact) mass is 254 g/mol. The molecule has 96 valence electrons. The second-order valence-corrected chi connectivity index (χ2v) is 4.10. The SMILES string of the molecule is O=C1CN(CC(F)(F)c2ccccc2)C(=O)CN1. The highest BCUT2D eigenvalue weighted by Crippen LogP contribution is 2.28. The summed E-state index contributed by atoms with van der Waals surface area (Å²) in [4.78, 5) is 23.4. The molecule has 18 heavy (non-hydrogen) atoms. The second kappa shape index (κ2) is 4.72. The van der Waals surface area contributed by atoms with Crippen LogP contribution in [0.4, 0.5) is 8.78 Å². The van der Waals surface area contributed by atoms with Crippen LogP contribution in [-0.2, 0) is 15.5 Å². The highest BCUT2D eigenvalue weighted by atomic mass is 19.3. The average Bonchev–Trinajstić information content (AvgIpc) is 2.35. The van der Waals surface area contributed by atoms with Crippen molar-refractivity contribution in [3.63, 3.8) is 0 Å². The molecule has 1 aromatic rings. The van der Waals surface area contributed by atoms with E-state index in [9.17, 15) is 18.4 Å². The third-order valence-corrected chi connectivity index (χ3v) is 2.71. The molecule has 0 atom stereocenters. The number of hydrogen-bond acceptors (Lipinski definition) is 2. The number of piperazine rings is 1. The number of benzene rings is 1. The number of rotatable bonds is 3. The van der Waals surface area contributed by atoms with Crippen molar-refractivity contribution in [1.29, 1.82) is 0 Å². The minimum atomic E-state index is -3.16. The van der Waals surface area contributed by atoms with Crippen LogP contribution >= 0.6 is 0 Å². The van der Waals surface area contributed by atoms with Gasteiger partial charge in [0.25, 0.3) is 5.92 Å². The minimum Gasteiger partial charge on any atom is -0.345 e. The molecule has 1 saturated heterocycles. The number of amides is 2. The molecule has 2 amide bonds. The quantitative estimate of drug-likeness (QED) is 0.864. The van der Waals surface area contributed by atoms with Gasteiger partial charge < -0.3 is 10.2 Å². The Morgan fingerprint density at radius 3 is 2.56 bits per heavy atom. The molecule has 1 aliphatic rings. The molecule has 0 aliphatic carbocycles. The largest absolute Gasteiger partial charge is 0.345 e. The van der Waals surface area contributed by atoms with E-state index in [1.54, 1.807) is 6.07 Å². The van der Waals surface area contributed by atoms with Gasteiger partial charge in [0.1, 0.15) is 0 Å². The molecule has 1 fully saturated rings. The van der Waals surface area contributed by atoms with Crippen molar-refractivity contribution in [2.24, 2.45) is 0 Å². The van der Waals surface area contributed by atoms with Gasteiger partial charge in [-0.2, -0.15) is 8.78 Å². The van der Waals surface area contributed by atoms with Crippen LogP contribution in [0.15, 0.2) is 30.3 Å². The van der Waals surface area contributed by atoms with E-state index in [1.807, 2.05) is 0 Å². The van der Waals surface area contributed by atoms with Crippen molar-refractivity contribution >= 4 is 11.8 Å². The lowest BCUT2D eigenvalue weighted by Gasteiger charge is -2.30. The van der Waals surface area contributed by atoms with Crippen molar-refractivity contribution in [3.8, 4) is 0 Å². The first-order valence-electron chi connectivity index (χ1n) is 5.47. The van der Waals surface area contributed by atoms with Crippen molar-refractivity contribution in [3.05, 3.63) is 35.9 Å². The normalized spacial score (nSPS) is 16.7. The molecule has 4 nitrogen and oxygen atoms in total. The lowest BCUT2D eigenvalue weighted by Crippen LogP contribution is -2.54. The molecule has 1 aliphatic heterocycles. The Hall–Kier alpha value is -1.98.